The lowest BCUT2D eigenvalue weighted by Crippen LogP contribution is -2.40. The normalized spacial score (nSPS) is 29.2. The van der Waals surface area contributed by atoms with Gasteiger partial charge in [0.25, 0.3) is 0 Å². The van der Waals surface area contributed by atoms with Crippen LogP contribution in [0.3, 0.4) is 0 Å². The Bertz CT molecular complexity index is 364. The predicted octanol–water partition coefficient (Wildman–Crippen LogP) is 0.927. The summed E-state index contributed by atoms with van der Waals surface area (Å²) >= 11 is 0. The van der Waals surface area contributed by atoms with Crippen LogP contribution in [0.4, 0.5) is 0 Å². The molecule has 1 fully saturated rings. The fourth-order valence-electron chi connectivity index (χ4n) is 2.56. The van der Waals surface area contributed by atoms with Gasteiger partial charge in [-0.1, -0.05) is 6.07 Å². The van der Waals surface area contributed by atoms with Crippen LogP contribution in [0, 0.1) is 0 Å². The summed E-state index contributed by atoms with van der Waals surface area (Å²) in [6, 6.07) is 5.97. The number of nitrogens with two attached hydrogens (primary N) is 1. The molecule has 3 unspecified atom stereocenters. The first-order chi connectivity index (χ1) is 7.99. The van der Waals surface area contributed by atoms with Crippen LogP contribution in [0.15, 0.2) is 24.4 Å². The van der Waals surface area contributed by atoms with Gasteiger partial charge in [0, 0.05) is 25.3 Å². The second kappa shape index (κ2) is 4.72. The second-order valence-corrected chi connectivity index (χ2v) is 5.28. The molecule has 3 N–H and O–H groups in total. The van der Waals surface area contributed by atoms with Gasteiger partial charge in [0.2, 0.25) is 0 Å². The quantitative estimate of drug-likeness (QED) is 0.818. The van der Waals surface area contributed by atoms with Gasteiger partial charge in [-0.05, 0) is 32.4 Å². The van der Waals surface area contributed by atoms with E-state index in [1.165, 1.54) is 0 Å². The van der Waals surface area contributed by atoms with Crippen LogP contribution < -0.4 is 5.73 Å². The standard InChI is InChI=1S/C13H21N3O/c1-10(14)12(11-5-3-4-7-15-11)16-8-6-13(2,17)9-16/h3-5,7,10,12,17H,6,8-9,14H2,1-2H3. The Morgan fingerprint density at radius 2 is 2.29 bits per heavy atom. The third-order valence-corrected chi connectivity index (χ3v) is 3.36. The van der Waals surface area contributed by atoms with Gasteiger partial charge in [-0.3, -0.25) is 9.88 Å². The average molecular weight is 235 g/mol. The van der Waals surface area contributed by atoms with Crippen molar-refractivity contribution in [2.75, 3.05) is 13.1 Å². The molecule has 0 bridgehead atoms. The van der Waals surface area contributed by atoms with Gasteiger partial charge in [0.05, 0.1) is 17.3 Å². The number of likely N-dealkylation sites (tertiary alicyclic amines) is 1. The molecule has 0 radical (unpaired) electrons. The molecule has 0 aromatic carbocycles. The highest BCUT2D eigenvalue weighted by atomic mass is 16.3. The van der Waals surface area contributed by atoms with E-state index in [4.69, 9.17) is 5.73 Å². The molecule has 2 heterocycles. The van der Waals surface area contributed by atoms with E-state index in [0.717, 1.165) is 18.7 Å². The molecular formula is C13H21N3O. The maximum atomic E-state index is 10.0. The van der Waals surface area contributed by atoms with Crippen LogP contribution >= 0.6 is 0 Å². The fraction of sp³-hybridized carbons (Fsp3) is 0.615. The number of nitrogens with zero attached hydrogens (tertiary/aromatic N) is 2. The molecule has 0 spiro atoms. The van der Waals surface area contributed by atoms with Crippen LogP contribution in [0.1, 0.15) is 32.0 Å². The zero-order chi connectivity index (χ0) is 12.5. The summed E-state index contributed by atoms with van der Waals surface area (Å²) in [5, 5.41) is 10.0. The van der Waals surface area contributed by atoms with Gasteiger partial charge in [-0.2, -0.15) is 0 Å². The monoisotopic (exact) mass is 235 g/mol. The number of β-amino-alcohol motifs (C(OH)–C–C–N with tert-alkyl or cyclic N) is 1. The van der Waals surface area contributed by atoms with E-state index in [-0.39, 0.29) is 12.1 Å². The van der Waals surface area contributed by atoms with Crippen molar-refractivity contribution in [3.05, 3.63) is 30.1 Å². The summed E-state index contributed by atoms with van der Waals surface area (Å²) in [5.41, 5.74) is 6.46. The van der Waals surface area contributed by atoms with Crippen LogP contribution in [0.5, 0.6) is 0 Å². The molecule has 1 aliphatic rings. The summed E-state index contributed by atoms with van der Waals surface area (Å²) in [7, 11) is 0. The van der Waals surface area contributed by atoms with E-state index < -0.39 is 5.60 Å². The molecule has 4 nitrogen and oxygen atoms in total. The van der Waals surface area contributed by atoms with E-state index in [0.29, 0.717) is 6.54 Å². The Kier molecular flexibility index (Phi) is 3.47. The highest BCUT2D eigenvalue weighted by Crippen LogP contribution is 2.30. The Labute approximate surface area is 102 Å². The number of rotatable bonds is 3. The zero-order valence-electron chi connectivity index (χ0n) is 10.5. The molecular weight excluding hydrogens is 214 g/mol. The highest BCUT2D eigenvalue weighted by Gasteiger charge is 2.37. The summed E-state index contributed by atoms with van der Waals surface area (Å²) in [4.78, 5) is 6.62. The first kappa shape index (κ1) is 12.5. The van der Waals surface area contributed by atoms with Crippen molar-refractivity contribution in [1.82, 2.24) is 9.88 Å². The fourth-order valence-corrected chi connectivity index (χ4v) is 2.56. The van der Waals surface area contributed by atoms with Crippen molar-refractivity contribution in [2.45, 2.75) is 38.0 Å². The van der Waals surface area contributed by atoms with Crippen LogP contribution in [0.25, 0.3) is 0 Å². The Hall–Kier alpha value is -0.970. The lowest BCUT2D eigenvalue weighted by Gasteiger charge is -2.31. The van der Waals surface area contributed by atoms with Crippen molar-refractivity contribution in [1.29, 1.82) is 0 Å². The number of pyridine rings is 1. The zero-order valence-corrected chi connectivity index (χ0v) is 10.5. The van der Waals surface area contributed by atoms with Crippen molar-refractivity contribution >= 4 is 0 Å². The third kappa shape index (κ3) is 2.83. The van der Waals surface area contributed by atoms with Gasteiger partial charge in [0.1, 0.15) is 0 Å². The van der Waals surface area contributed by atoms with Crippen LogP contribution in [0.2, 0.25) is 0 Å². The van der Waals surface area contributed by atoms with Gasteiger partial charge < -0.3 is 10.8 Å². The van der Waals surface area contributed by atoms with E-state index in [2.05, 4.69) is 9.88 Å². The van der Waals surface area contributed by atoms with Crippen molar-refractivity contribution in [2.24, 2.45) is 5.73 Å². The molecule has 1 aromatic heterocycles. The number of aliphatic hydroxyl groups is 1. The van der Waals surface area contributed by atoms with Crippen molar-refractivity contribution < 1.29 is 5.11 Å². The van der Waals surface area contributed by atoms with Gasteiger partial charge in [0.15, 0.2) is 0 Å². The molecule has 0 aliphatic carbocycles. The number of hydrogen-bond donors (Lipinski definition) is 2. The molecule has 94 valence electrons. The predicted molar refractivity (Wildman–Crippen MR) is 67.4 cm³/mol. The van der Waals surface area contributed by atoms with Crippen molar-refractivity contribution in [3.63, 3.8) is 0 Å². The molecule has 4 heteroatoms. The summed E-state index contributed by atoms with van der Waals surface area (Å²) in [5.74, 6) is 0. The molecule has 0 saturated carbocycles. The summed E-state index contributed by atoms with van der Waals surface area (Å²) < 4.78 is 0. The lowest BCUT2D eigenvalue weighted by molar-refractivity contribution is 0.0597. The molecule has 1 aliphatic heterocycles. The SMILES string of the molecule is CC(N)C(c1ccccn1)N1CCC(C)(O)C1. The lowest BCUT2D eigenvalue weighted by atomic mass is 10.0. The molecule has 17 heavy (non-hydrogen) atoms. The average Bonchev–Trinajstić information content (AvgIpc) is 2.60. The smallest absolute Gasteiger partial charge is 0.0758 e. The molecule has 1 aromatic rings. The molecule has 0 amide bonds. The minimum Gasteiger partial charge on any atom is -0.389 e. The second-order valence-electron chi connectivity index (χ2n) is 5.28. The Balaban J connectivity index is 2.20. The van der Waals surface area contributed by atoms with Gasteiger partial charge in [-0.15, -0.1) is 0 Å². The minimum absolute atomic E-state index is 0.00111. The first-order valence-corrected chi connectivity index (χ1v) is 6.12. The topological polar surface area (TPSA) is 62.4 Å². The Morgan fingerprint density at radius 3 is 2.76 bits per heavy atom. The van der Waals surface area contributed by atoms with Gasteiger partial charge >= 0.3 is 0 Å². The highest BCUT2D eigenvalue weighted by molar-refractivity contribution is 5.12. The van der Waals surface area contributed by atoms with Crippen molar-refractivity contribution in [3.8, 4) is 0 Å². The van der Waals surface area contributed by atoms with Gasteiger partial charge in [-0.25, -0.2) is 0 Å². The van der Waals surface area contributed by atoms with Crippen LogP contribution in [-0.4, -0.2) is 39.7 Å². The number of aromatic nitrogens is 1. The summed E-state index contributed by atoms with van der Waals surface area (Å²) in [6.45, 7) is 5.40. The van der Waals surface area contributed by atoms with E-state index in [9.17, 15) is 5.11 Å². The first-order valence-electron chi connectivity index (χ1n) is 6.12. The maximum Gasteiger partial charge on any atom is 0.0758 e. The minimum atomic E-state index is -0.595. The van der Waals surface area contributed by atoms with E-state index in [1.807, 2.05) is 32.0 Å². The molecule has 1 saturated heterocycles. The van der Waals surface area contributed by atoms with E-state index in [1.54, 1.807) is 6.20 Å². The summed E-state index contributed by atoms with van der Waals surface area (Å²) in [6.07, 6.45) is 2.59. The molecule has 2 rings (SSSR count). The number of hydrogen-bond acceptors (Lipinski definition) is 4. The third-order valence-electron chi connectivity index (χ3n) is 3.36. The van der Waals surface area contributed by atoms with E-state index >= 15 is 0 Å². The van der Waals surface area contributed by atoms with Crippen LogP contribution in [-0.2, 0) is 0 Å². The largest absolute Gasteiger partial charge is 0.389 e. The maximum absolute atomic E-state index is 10.0. The Morgan fingerprint density at radius 1 is 1.53 bits per heavy atom. The molecule has 3 atom stereocenters.